The van der Waals surface area contributed by atoms with Crippen molar-refractivity contribution in [1.29, 1.82) is 0 Å². The summed E-state index contributed by atoms with van der Waals surface area (Å²) in [7, 11) is 0. The summed E-state index contributed by atoms with van der Waals surface area (Å²) in [4.78, 5) is 11.4. The van der Waals surface area contributed by atoms with Crippen LogP contribution in [0.1, 0.15) is 25.3 Å². The van der Waals surface area contributed by atoms with Gasteiger partial charge in [0.1, 0.15) is 6.04 Å². The van der Waals surface area contributed by atoms with Crippen LogP contribution in [0.3, 0.4) is 0 Å². The molecule has 0 unspecified atom stereocenters. The van der Waals surface area contributed by atoms with Gasteiger partial charge in [-0.05, 0) is 12.5 Å². The summed E-state index contributed by atoms with van der Waals surface area (Å²) in [5.41, 5.74) is 6.86. The van der Waals surface area contributed by atoms with Crippen LogP contribution in [0, 0.1) is 0 Å². The monoisotopic (exact) mass is 243 g/mol. The zero-order valence-electron chi connectivity index (χ0n) is 9.55. The van der Waals surface area contributed by atoms with Crippen LogP contribution in [-0.4, -0.2) is 18.6 Å². The SMILES string of the molecule is CCOC(=O)[C@H](N)[C@@H](C)c1ccccc1.Cl. The Morgan fingerprint density at radius 2 is 1.94 bits per heavy atom. The molecule has 0 spiro atoms. The molecule has 0 aromatic heterocycles. The van der Waals surface area contributed by atoms with Gasteiger partial charge in [-0.25, -0.2) is 0 Å². The van der Waals surface area contributed by atoms with Crippen LogP contribution < -0.4 is 5.73 Å². The van der Waals surface area contributed by atoms with Crippen molar-refractivity contribution in [1.82, 2.24) is 0 Å². The Bertz CT molecular complexity index is 316. The molecule has 2 N–H and O–H groups in total. The second kappa shape index (κ2) is 7.25. The van der Waals surface area contributed by atoms with E-state index >= 15 is 0 Å². The van der Waals surface area contributed by atoms with Crippen molar-refractivity contribution in [2.75, 3.05) is 6.61 Å². The molecule has 90 valence electrons. The quantitative estimate of drug-likeness (QED) is 0.824. The Balaban J connectivity index is 0.00000225. The molecule has 1 aromatic rings. The third-order valence-electron chi connectivity index (χ3n) is 2.42. The minimum atomic E-state index is -0.590. The molecule has 1 rings (SSSR count). The van der Waals surface area contributed by atoms with E-state index in [0.717, 1.165) is 5.56 Å². The van der Waals surface area contributed by atoms with E-state index in [4.69, 9.17) is 10.5 Å². The highest BCUT2D eigenvalue weighted by molar-refractivity contribution is 5.85. The average molecular weight is 244 g/mol. The summed E-state index contributed by atoms with van der Waals surface area (Å²) in [5, 5.41) is 0. The number of ether oxygens (including phenoxy) is 1. The molecule has 0 aliphatic rings. The number of benzene rings is 1. The first-order valence-electron chi connectivity index (χ1n) is 5.14. The van der Waals surface area contributed by atoms with E-state index in [1.807, 2.05) is 37.3 Å². The van der Waals surface area contributed by atoms with Crippen molar-refractivity contribution in [3.05, 3.63) is 35.9 Å². The summed E-state index contributed by atoms with van der Waals surface area (Å²) in [6.45, 7) is 4.07. The first-order chi connectivity index (χ1) is 7.16. The topological polar surface area (TPSA) is 52.3 Å². The Labute approximate surface area is 102 Å². The molecule has 16 heavy (non-hydrogen) atoms. The number of esters is 1. The number of carbonyl (C=O) groups is 1. The van der Waals surface area contributed by atoms with Crippen LogP contribution in [0.25, 0.3) is 0 Å². The second-order valence-corrected chi connectivity index (χ2v) is 3.48. The van der Waals surface area contributed by atoms with E-state index < -0.39 is 6.04 Å². The lowest BCUT2D eigenvalue weighted by Gasteiger charge is -2.18. The van der Waals surface area contributed by atoms with Crippen molar-refractivity contribution in [3.8, 4) is 0 Å². The molecular weight excluding hydrogens is 226 g/mol. The zero-order valence-corrected chi connectivity index (χ0v) is 10.4. The summed E-state index contributed by atoms with van der Waals surface area (Å²) < 4.78 is 4.88. The number of carbonyl (C=O) groups excluding carboxylic acids is 1. The van der Waals surface area contributed by atoms with Gasteiger partial charge in [0.05, 0.1) is 6.61 Å². The van der Waals surface area contributed by atoms with Crippen molar-refractivity contribution >= 4 is 18.4 Å². The van der Waals surface area contributed by atoms with Crippen molar-refractivity contribution < 1.29 is 9.53 Å². The molecule has 0 heterocycles. The van der Waals surface area contributed by atoms with Crippen molar-refractivity contribution in [2.45, 2.75) is 25.8 Å². The van der Waals surface area contributed by atoms with Crippen molar-refractivity contribution in [2.24, 2.45) is 5.73 Å². The Kier molecular flexibility index (Phi) is 6.77. The Morgan fingerprint density at radius 3 is 2.44 bits per heavy atom. The van der Waals surface area contributed by atoms with E-state index in [2.05, 4.69) is 0 Å². The predicted molar refractivity (Wildman–Crippen MR) is 66.7 cm³/mol. The van der Waals surface area contributed by atoms with Crippen LogP contribution in [0.4, 0.5) is 0 Å². The van der Waals surface area contributed by atoms with E-state index in [9.17, 15) is 4.79 Å². The van der Waals surface area contributed by atoms with Gasteiger partial charge in [-0.2, -0.15) is 0 Å². The first kappa shape index (κ1) is 14.9. The third kappa shape index (κ3) is 3.83. The molecule has 0 aliphatic heterocycles. The summed E-state index contributed by atoms with van der Waals surface area (Å²) in [6.07, 6.45) is 0. The molecule has 0 fully saturated rings. The second-order valence-electron chi connectivity index (χ2n) is 3.48. The van der Waals surface area contributed by atoms with Gasteiger partial charge in [0.25, 0.3) is 0 Å². The summed E-state index contributed by atoms with van der Waals surface area (Å²) >= 11 is 0. The van der Waals surface area contributed by atoms with Gasteiger partial charge in [0, 0.05) is 5.92 Å². The highest BCUT2D eigenvalue weighted by Crippen LogP contribution is 2.18. The fourth-order valence-electron chi connectivity index (χ4n) is 1.41. The normalized spacial score (nSPS) is 13.4. The van der Waals surface area contributed by atoms with Crippen LogP contribution in [0.2, 0.25) is 0 Å². The molecular formula is C12H18ClNO2. The maximum Gasteiger partial charge on any atom is 0.323 e. The molecule has 0 amide bonds. The maximum absolute atomic E-state index is 11.4. The van der Waals surface area contributed by atoms with Gasteiger partial charge < -0.3 is 10.5 Å². The summed E-state index contributed by atoms with van der Waals surface area (Å²) in [6, 6.07) is 9.14. The third-order valence-corrected chi connectivity index (χ3v) is 2.42. The van der Waals surface area contributed by atoms with E-state index in [-0.39, 0.29) is 24.3 Å². The highest BCUT2D eigenvalue weighted by Gasteiger charge is 2.22. The fourth-order valence-corrected chi connectivity index (χ4v) is 1.41. The van der Waals surface area contributed by atoms with Gasteiger partial charge in [-0.15, -0.1) is 12.4 Å². The molecule has 4 heteroatoms. The van der Waals surface area contributed by atoms with Crippen LogP contribution in [-0.2, 0) is 9.53 Å². The smallest absolute Gasteiger partial charge is 0.323 e. The van der Waals surface area contributed by atoms with Gasteiger partial charge in [0.15, 0.2) is 0 Å². The molecule has 0 aliphatic carbocycles. The Hall–Kier alpha value is -1.06. The Morgan fingerprint density at radius 1 is 1.38 bits per heavy atom. The highest BCUT2D eigenvalue weighted by atomic mass is 35.5. The van der Waals surface area contributed by atoms with Crippen molar-refractivity contribution in [3.63, 3.8) is 0 Å². The van der Waals surface area contributed by atoms with E-state index in [1.165, 1.54) is 0 Å². The van der Waals surface area contributed by atoms with E-state index in [1.54, 1.807) is 6.92 Å². The van der Waals surface area contributed by atoms with Gasteiger partial charge in [-0.1, -0.05) is 37.3 Å². The molecule has 2 atom stereocenters. The predicted octanol–water partition coefficient (Wildman–Crippen LogP) is 2.10. The maximum atomic E-state index is 11.4. The zero-order chi connectivity index (χ0) is 11.3. The van der Waals surface area contributed by atoms with Gasteiger partial charge in [0.2, 0.25) is 0 Å². The van der Waals surface area contributed by atoms with Crippen LogP contribution >= 0.6 is 12.4 Å². The first-order valence-corrected chi connectivity index (χ1v) is 5.14. The van der Waals surface area contributed by atoms with Crippen LogP contribution in [0.15, 0.2) is 30.3 Å². The lowest BCUT2D eigenvalue weighted by atomic mass is 9.94. The number of hydrogen-bond acceptors (Lipinski definition) is 3. The lowest BCUT2D eigenvalue weighted by Crippen LogP contribution is -2.37. The molecule has 0 saturated carbocycles. The summed E-state index contributed by atoms with van der Waals surface area (Å²) in [5.74, 6) is -0.362. The van der Waals surface area contributed by atoms with Gasteiger partial charge >= 0.3 is 5.97 Å². The minimum Gasteiger partial charge on any atom is -0.465 e. The molecule has 1 aromatic carbocycles. The molecule has 0 saturated heterocycles. The largest absolute Gasteiger partial charge is 0.465 e. The number of rotatable bonds is 4. The standard InChI is InChI=1S/C12H17NO2.ClH/c1-3-15-12(14)11(13)9(2)10-7-5-4-6-8-10;/h4-9,11H,3,13H2,1-2H3;1H/t9-,11+;/m0./s1. The molecule has 0 radical (unpaired) electrons. The van der Waals surface area contributed by atoms with E-state index in [0.29, 0.717) is 6.61 Å². The number of nitrogens with two attached hydrogens (primary N) is 1. The van der Waals surface area contributed by atoms with Crippen LogP contribution in [0.5, 0.6) is 0 Å². The fraction of sp³-hybridized carbons (Fsp3) is 0.417. The minimum absolute atomic E-state index is 0. The number of halogens is 1. The molecule has 0 bridgehead atoms. The van der Waals surface area contributed by atoms with Gasteiger partial charge in [-0.3, -0.25) is 4.79 Å². The number of hydrogen-bond donors (Lipinski definition) is 1. The lowest BCUT2D eigenvalue weighted by molar-refractivity contribution is -0.145. The molecule has 3 nitrogen and oxygen atoms in total. The average Bonchev–Trinajstić information content (AvgIpc) is 2.28.